The molecule has 2 amide bonds. The second-order valence-electron chi connectivity index (χ2n) is 11.1. The molecule has 9 heteroatoms. The maximum Gasteiger partial charge on any atom is 0.312 e. The van der Waals surface area contributed by atoms with Crippen LogP contribution >= 0.6 is 0 Å². The Balaban J connectivity index is 1.62. The lowest BCUT2D eigenvalue weighted by Crippen LogP contribution is -2.56. The number of hydrogen-bond donors (Lipinski definition) is 1. The van der Waals surface area contributed by atoms with Crippen LogP contribution in [0.15, 0.2) is 49.6 Å². The smallest absolute Gasteiger partial charge is 0.312 e. The summed E-state index contributed by atoms with van der Waals surface area (Å²) in [6.45, 7) is 8.61. The molecular formula is C32H44N2O7. The van der Waals surface area contributed by atoms with Crippen molar-refractivity contribution in [1.29, 1.82) is 0 Å². The molecule has 5 atom stereocenters. The van der Waals surface area contributed by atoms with Crippen molar-refractivity contribution in [3.8, 4) is 5.75 Å². The van der Waals surface area contributed by atoms with Crippen LogP contribution in [0.1, 0.15) is 57.8 Å². The highest BCUT2D eigenvalue weighted by Crippen LogP contribution is 2.59. The van der Waals surface area contributed by atoms with E-state index in [-0.39, 0.29) is 31.6 Å². The molecule has 3 saturated heterocycles. The number of unbranched alkanes of at least 4 members (excludes halogenated alkanes) is 5. The van der Waals surface area contributed by atoms with E-state index in [9.17, 15) is 14.4 Å². The highest BCUT2D eigenvalue weighted by atomic mass is 16.6. The third kappa shape index (κ3) is 6.21. The highest BCUT2D eigenvalue weighted by molar-refractivity contribution is 6.04. The molecule has 224 valence electrons. The molecule has 1 aromatic rings. The number of fused-ring (bicyclic) bond motifs is 1. The van der Waals surface area contributed by atoms with Crippen LogP contribution in [0.3, 0.4) is 0 Å². The van der Waals surface area contributed by atoms with Crippen molar-refractivity contribution in [3.63, 3.8) is 0 Å². The van der Waals surface area contributed by atoms with E-state index in [1.807, 2.05) is 18.2 Å². The van der Waals surface area contributed by atoms with Crippen LogP contribution in [0.4, 0.5) is 5.69 Å². The molecule has 0 saturated carbocycles. The SMILES string of the molecule is C=CCCCCOC(=O)[C@@H]1[C@@H]2CCC3(O2)C(C(=O)N(CC=C)c2ccc(OC)cc2)N(CCCCCCO)C(=O)[C@H]13. The van der Waals surface area contributed by atoms with Gasteiger partial charge in [-0.2, -0.15) is 0 Å². The van der Waals surface area contributed by atoms with Crippen molar-refractivity contribution in [2.45, 2.75) is 75.5 Å². The minimum atomic E-state index is -1.08. The number of aliphatic hydroxyl groups excluding tert-OH is 1. The highest BCUT2D eigenvalue weighted by Gasteiger charge is 2.75. The Kier molecular flexibility index (Phi) is 10.6. The molecule has 2 bridgehead atoms. The first-order valence-corrected chi connectivity index (χ1v) is 14.9. The van der Waals surface area contributed by atoms with Gasteiger partial charge in [0.05, 0.1) is 31.7 Å². The minimum absolute atomic E-state index is 0.125. The number of anilines is 1. The zero-order valence-corrected chi connectivity index (χ0v) is 24.2. The first-order chi connectivity index (χ1) is 19.9. The summed E-state index contributed by atoms with van der Waals surface area (Å²) in [5.74, 6) is -1.69. The molecule has 4 rings (SSSR count). The number of esters is 1. The monoisotopic (exact) mass is 568 g/mol. The van der Waals surface area contributed by atoms with Gasteiger partial charge in [-0.05, 0) is 69.2 Å². The molecule has 41 heavy (non-hydrogen) atoms. The van der Waals surface area contributed by atoms with Crippen LogP contribution < -0.4 is 9.64 Å². The molecule has 3 aliphatic heterocycles. The minimum Gasteiger partial charge on any atom is -0.497 e. The van der Waals surface area contributed by atoms with Crippen molar-refractivity contribution in [2.24, 2.45) is 11.8 Å². The maximum absolute atomic E-state index is 14.5. The molecule has 0 aromatic heterocycles. The number of aliphatic hydroxyl groups is 1. The topological polar surface area (TPSA) is 106 Å². The first kappa shape index (κ1) is 30.8. The molecule has 1 spiro atoms. The van der Waals surface area contributed by atoms with Gasteiger partial charge in [-0.1, -0.05) is 25.0 Å². The molecule has 0 radical (unpaired) electrons. The molecule has 9 nitrogen and oxygen atoms in total. The average molecular weight is 569 g/mol. The van der Waals surface area contributed by atoms with Crippen LogP contribution in [0.5, 0.6) is 5.75 Å². The fraction of sp³-hybridized carbons (Fsp3) is 0.594. The number of carbonyl (C=O) groups excluding carboxylic acids is 3. The fourth-order valence-corrected chi connectivity index (χ4v) is 6.71. The Bertz CT molecular complexity index is 1090. The van der Waals surface area contributed by atoms with E-state index >= 15 is 0 Å². The zero-order valence-electron chi connectivity index (χ0n) is 24.2. The van der Waals surface area contributed by atoms with Crippen molar-refractivity contribution in [1.82, 2.24) is 4.90 Å². The van der Waals surface area contributed by atoms with Crippen molar-refractivity contribution < 1.29 is 33.7 Å². The molecule has 1 aromatic carbocycles. The standard InChI is InChI=1S/C32H44N2O7/c1-4-6-7-12-22-40-31(38)26-25-17-18-32(41-25)27(26)29(36)34(20-10-8-9-11-21-35)28(32)30(37)33(19-5-2)23-13-15-24(39-3)16-14-23/h4-5,13-16,25-28,35H,1-2,6-12,17-22H2,3H3/t25-,26+,27-,28?,32?/m0/s1. The summed E-state index contributed by atoms with van der Waals surface area (Å²) < 4.78 is 17.5. The summed E-state index contributed by atoms with van der Waals surface area (Å²) in [4.78, 5) is 45.2. The van der Waals surface area contributed by atoms with Gasteiger partial charge in [-0.3, -0.25) is 14.4 Å². The number of ether oxygens (including phenoxy) is 3. The molecule has 2 unspecified atom stereocenters. The number of rotatable bonds is 17. The van der Waals surface area contributed by atoms with E-state index in [2.05, 4.69) is 13.2 Å². The van der Waals surface area contributed by atoms with Crippen LogP contribution in [0, 0.1) is 11.8 Å². The number of benzene rings is 1. The predicted molar refractivity (Wildman–Crippen MR) is 155 cm³/mol. The summed E-state index contributed by atoms with van der Waals surface area (Å²) in [5, 5.41) is 9.16. The van der Waals surface area contributed by atoms with Gasteiger partial charge >= 0.3 is 5.97 Å². The van der Waals surface area contributed by atoms with Crippen molar-refractivity contribution in [3.05, 3.63) is 49.6 Å². The fourth-order valence-electron chi connectivity index (χ4n) is 6.71. The maximum atomic E-state index is 14.5. The normalized spacial score (nSPS) is 26.1. The third-order valence-corrected chi connectivity index (χ3v) is 8.62. The van der Waals surface area contributed by atoms with Crippen LogP contribution in [0.25, 0.3) is 0 Å². The first-order valence-electron chi connectivity index (χ1n) is 14.9. The third-order valence-electron chi connectivity index (χ3n) is 8.62. The Hall–Kier alpha value is -3.17. The number of nitrogens with zero attached hydrogens (tertiary/aromatic N) is 2. The Morgan fingerprint density at radius 2 is 1.88 bits per heavy atom. The van der Waals surface area contributed by atoms with E-state index in [1.165, 1.54) is 0 Å². The Morgan fingerprint density at radius 3 is 2.56 bits per heavy atom. The van der Waals surface area contributed by atoms with Crippen LogP contribution in [-0.4, -0.2) is 79.0 Å². The van der Waals surface area contributed by atoms with Crippen LogP contribution in [-0.2, 0) is 23.9 Å². The van der Waals surface area contributed by atoms with E-state index in [4.69, 9.17) is 19.3 Å². The van der Waals surface area contributed by atoms with Gasteiger partial charge in [0.1, 0.15) is 17.4 Å². The van der Waals surface area contributed by atoms with E-state index in [0.717, 1.165) is 32.1 Å². The van der Waals surface area contributed by atoms with Crippen LogP contribution in [0.2, 0.25) is 0 Å². The predicted octanol–water partition coefficient (Wildman–Crippen LogP) is 4.04. The van der Waals surface area contributed by atoms with Crippen molar-refractivity contribution in [2.75, 3.05) is 38.3 Å². The summed E-state index contributed by atoms with van der Waals surface area (Å²) in [7, 11) is 1.58. The summed E-state index contributed by atoms with van der Waals surface area (Å²) >= 11 is 0. The van der Waals surface area contributed by atoms with E-state index in [1.54, 1.807) is 35.1 Å². The number of methoxy groups -OCH3 is 1. The lowest BCUT2D eigenvalue weighted by molar-refractivity contribution is -0.155. The molecule has 0 aliphatic carbocycles. The number of amides is 2. The summed E-state index contributed by atoms with van der Waals surface area (Å²) in [6, 6.07) is 6.33. The van der Waals surface area contributed by atoms with Gasteiger partial charge < -0.3 is 29.1 Å². The Labute approximate surface area is 243 Å². The van der Waals surface area contributed by atoms with E-state index in [0.29, 0.717) is 43.7 Å². The zero-order chi connectivity index (χ0) is 29.4. The molecule has 3 aliphatic rings. The second kappa shape index (κ2) is 14.1. The van der Waals surface area contributed by atoms with Gasteiger partial charge in [0.15, 0.2) is 0 Å². The molecular weight excluding hydrogens is 524 g/mol. The largest absolute Gasteiger partial charge is 0.497 e. The molecule has 3 heterocycles. The summed E-state index contributed by atoms with van der Waals surface area (Å²) in [5.41, 5.74) is -0.420. The number of hydrogen-bond acceptors (Lipinski definition) is 7. The number of likely N-dealkylation sites (tertiary alicyclic amines) is 1. The van der Waals surface area contributed by atoms with Gasteiger partial charge in [0.25, 0.3) is 5.91 Å². The lowest BCUT2D eigenvalue weighted by atomic mass is 9.70. The summed E-state index contributed by atoms with van der Waals surface area (Å²) in [6.07, 6.45) is 9.65. The average Bonchev–Trinajstić information content (AvgIpc) is 3.63. The van der Waals surface area contributed by atoms with Gasteiger partial charge in [-0.25, -0.2) is 0 Å². The second-order valence-corrected chi connectivity index (χ2v) is 11.1. The number of carbonyl (C=O) groups is 3. The lowest BCUT2D eigenvalue weighted by Gasteiger charge is -2.36. The number of allylic oxidation sites excluding steroid dienone is 1. The Morgan fingerprint density at radius 1 is 1.12 bits per heavy atom. The van der Waals surface area contributed by atoms with Gasteiger partial charge in [0, 0.05) is 25.4 Å². The van der Waals surface area contributed by atoms with Gasteiger partial charge in [0.2, 0.25) is 5.91 Å². The van der Waals surface area contributed by atoms with E-state index < -0.39 is 35.6 Å². The quantitative estimate of drug-likeness (QED) is 0.172. The molecule has 3 fully saturated rings. The van der Waals surface area contributed by atoms with Gasteiger partial charge in [-0.15, -0.1) is 13.2 Å². The van der Waals surface area contributed by atoms with Crippen molar-refractivity contribution >= 4 is 23.5 Å². The molecule has 1 N–H and O–H groups in total.